The van der Waals surface area contributed by atoms with Crippen LogP contribution in [-0.4, -0.2) is 36.7 Å². The topological polar surface area (TPSA) is 104 Å². The highest BCUT2D eigenvalue weighted by Gasteiger charge is 2.29. The Hall–Kier alpha value is -1.44. The van der Waals surface area contributed by atoms with E-state index in [0.29, 0.717) is 5.56 Å². The number of rotatable bonds is 5. The molecule has 3 N–H and O–H groups in total. The second kappa shape index (κ2) is 5.68. The van der Waals surface area contributed by atoms with E-state index in [-0.39, 0.29) is 4.90 Å². The molecule has 7 heteroatoms. The molecule has 0 bridgehead atoms. The van der Waals surface area contributed by atoms with Gasteiger partial charge in [0.2, 0.25) is 10.0 Å². The number of carbonyl (C=O) groups is 1. The summed E-state index contributed by atoms with van der Waals surface area (Å²) in [6, 6.07) is 3.28. The normalized spacial score (nSPS) is 14.9. The minimum absolute atomic E-state index is 0.0133. The van der Waals surface area contributed by atoms with Crippen LogP contribution in [0.15, 0.2) is 23.1 Å². The van der Waals surface area contributed by atoms with Crippen LogP contribution in [0, 0.1) is 13.8 Å². The number of carboxylic acid groups (broad SMARTS) is 1. The van der Waals surface area contributed by atoms with Crippen LogP contribution < -0.4 is 4.72 Å². The molecule has 0 aliphatic carbocycles. The van der Waals surface area contributed by atoms with Crippen molar-refractivity contribution >= 4 is 16.0 Å². The van der Waals surface area contributed by atoms with Gasteiger partial charge >= 0.3 is 5.97 Å². The van der Waals surface area contributed by atoms with Crippen molar-refractivity contribution in [1.82, 2.24) is 4.72 Å². The molecule has 0 radical (unpaired) electrons. The highest BCUT2D eigenvalue weighted by atomic mass is 32.2. The Balaban J connectivity index is 3.17. The van der Waals surface area contributed by atoms with Crippen LogP contribution in [0.25, 0.3) is 0 Å². The third kappa shape index (κ3) is 3.76. The molecule has 6 nitrogen and oxygen atoms in total. The molecular weight excluding hydrogens is 270 g/mol. The molecule has 1 rings (SSSR count). The van der Waals surface area contributed by atoms with Crippen LogP contribution in [0.4, 0.5) is 0 Å². The number of benzene rings is 1. The maximum absolute atomic E-state index is 12.1. The van der Waals surface area contributed by atoms with Gasteiger partial charge in [0.1, 0.15) is 6.04 Å². The molecule has 0 heterocycles. The summed E-state index contributed by atoms with van der Waals surface area (Å²) in [6.07, 6.45) is -1.34. The van der Waals surface area contributed by atoms with Crippen molar-refractivity contribution in [1.29, 1.82) is 0 Å². The fraction of sp³-hybridized carbons (Fsp3) is 0.417. The number of hydrogen-bond acceptors (Lipinski definition) is 4. The van der Waals surface area contributed by atoms with Gasteiger partial charge < -0.3 is 10.2 Å². The summed E-state index contributed by atoms with van der Waals surface area (Å²) in [6.45, 7) is 4.57. The first-order chi connectivity index (χ1) is 8.65. The third-order valence-corrected chi connectivity index (χ3v) is 4.25. The van der Waals surface area contributed by atoms with Gasteiger partial charge in [0.05, 0.1) is 11.0 Å². The van der Waals surface area contributed by atoms with Gasteiger partial charge in [-0.1, -0.05) is 12.1 Å². The van der Waals surface area contributed by atoms with E-state index < -0.39 is 28.1 Å². The summed E-state index contributed by atoms with van der Waals surface area (Å²) in [5.74, 6) is -1.43. The molecule has 0 saturated heterocycles. The van der Waals surface area contributed by atoms with Crippen LogP contribution >= 0.6 is 0 Å². The van der Waals surface area contributed by atoms with Crippen LogP contribution in [0.2, 0.25) is 0 Å². The molecule has 0 spiro atoms. The molecule has 1 aromatic carbocycles. The van der Waals surface area contributed by atoms with Crippen molar-refractivity contribution in [3.8, 4) is 0 Å². The van der Waals surface area contributed by atoms with E-state index >= 15 is 0 Å². The highest BCUT2D eigenvalue weighted by molar-refractivity contribution is 7.89. The highest BCUT2D eigenvalue weighted by Crippen LogP contribution is 2.17. The van der Waals surface area contributed by atoms with Crippen molar-refractivity contribution in [3.05, 3.63) is 29.3 Å². The first-order valence-corrected chi connectivity index (χ1v) is 7.14. The SMILES string of the molecule is Cc1ccc(C)c(S(=O)(=O)N[C@H](C(=O)O)[C@@H](C)O)c1. The van der Waals surface area contributed by atoms with Crippen molar-refractivity contribution in [2.24, 2.45) is 0 Å². The van der Waals surface area contributed by atoms with Crippen molar-refractivity contribution in [2.45, 2.75) is 37.8 Å². The first-order valence-electron chi connectivity index (χ1n) is 5.65. The fourth-order valence-corrected chi connectivity index (χ4v) is 3.17. The van der Waals surface area contributed by atoms with Crippen LogP contribution in [0.1, 0.15) is 18.1 Å². The van der Waals surface area contributed by atoms with Gasteiger partial charge in [-0.05, 0) is 38.0 Å². The lowest BCUT2D eigenvalue weighted by atomic mass is 10.2. The Morgan fingerprint density at radius 3 is 2.37 bits per heavy atom. The van der Waals surface area contributed by atoms with Gasteiger partial charge in [0.15, 0.2) is 0 Å². The molecular formula is C12H17NO5S. The smallest absolute Gasteiger partial charge is 0.324 e. The standard InChI is InChI=1S/C12H17NO5S/c1-7-4-5-8(2)10(6-7)19(17,18)13-11(9(3)14)12(15)16/h4-6,9,11,13-14H,1-3H3,(H,15,16)/t9-,11+/m1/s1. The van der Waals surface area contributed by atoms with E-state index in [2.05, 4.69) is 0 Å². The summed E-state index contributed by atoms with van der Waals surface area (Å²) in [5, 5.41) is 18.2. The van der Waals surface area contributed by atoms with Gasteiger partial charge in [0, 0.05) is 0 Å². The van der Waals surface area contributed by atoms with Gasteiger partial charge in [-0.3, -0.25) is 4.79 Å². The van der Waals surface area contributed by atoms with Gasteiger partial charge in [-0.2, -0.15) is 4.72 Å². The second-order valence-electron chi connectivity index (χ2n) is 4.45. The van der Waals surface area contributed by atoms with Gasteiger partial charge in [-0.25, -0.2) is 8.42 Å². The fourth-order valence-electron chi connectivity index (χ4n) is 1.58. The molecule has 0 aliphatic rings. The third-order valence-electron chi connectivity index (χ3n) is 2.66. The summed E-state index contributed by atoms with van der Waals surface area (Å²) >= 11 is 0. The molecule has 0 aromatic heterocycles. The van der Waals surface area contributed by atoms with Crippen molar-refractivity contribution in [2.75, 3.05) is 0 Å². The average molecular weight is 287 g/mol. The molecule has 0 aliphatic heterocycles. The number of aliphatic hydroxyl groups excluding tert-OH is 1. The van der Waals surface area contributed by atoms with E-state index in [4.69, 9.17) is 5.11 Å². The van der Waals surface area contributed by atoms with Gasteiger partial charge in [-0.15, -0.1) is 0 Å². The molecule has 106 valence electrons. The molecule has 0 saturated carbocycles. The zero-order valence-electron chi connectivity index (χ0n) is 10.9. The molecule has 1 aromatic rings. The molecule has 0 unspecified atom stereocenters. The number of carboxylic acids is 1. The zero-order chi connectivity index (χ0) is 14.8. The lowest BCUT2D eigenvalue weighted by molar-refractivity contribution is -0.141. The van der Waals surface area contributed by atoms with E-state index in [9.17, 15) is 18.3 Å². The zero-order valence-corrected chi connectivity index (χ0v) is 11.7. The summed E-state index contributed by atoms with van der Waals surface area (Å²) in [7, 11) is -3.99. The van der Waals surface area contributed by atoms with Crippen LogP contribution in [0.3, 0.4) is 0 Å². The largest absolute Gasteiger partial charge is 0.480 e. The van der Waals surface area contributed by atoms with Crippen molar-refractivity contribution in [3.63, 3.8) is 0 Å². The quantitative estimate of drug-likeness (QED) is 0.728. The first kappa shape index (κ1) is 15.6. The monoisotopic (exact) mass is 287 g/mol. The molecule has 0 amide bonds. The number of aryl methyl sites for hydroxylation is 2. The average Bonchev–Trinajstić information content (AvgIpc) is 2.28. The number of aliphatic hydroxyl groups is 1. The number of sulfonamides is 1. The maximum atomic E-state index is 12.1. The van der Waals surface area contributed by atoms with E-state index in [0.717, 1.165) is 5.56 Å². The molecule has 0 fully saturated rings. The Labute approximate surface area is 112 Å². The Morgan fingerprint density at radius 1 is 1.32 bits per heavy atom. The predicted octanol–water partition coefficient (Wildman–Crippen LogP) is 0.416. The van der Waals surface area contributed by atoms with Crippen LogP contribution in [0.5, 0.6) is 0 Å². The summed E-state index contributed by atoms with van der Waals surface area (Å²) in [5.41, 5.74) is 1.25. The van der Waals surface area contributed by atoms with E-state index in [1.807, 2.05) is 4.72 Å². The Bertz CT molecular complexity index is 580. The van der Waals surface area contributed by atoms with Crippen molar-refractivity contribution < 1.29 is 23.4 Å². The molecule has 19 heavy (non-hydrogen) atoms. The second-order valence-corrected chi connectivity index (χ2v) is 6.13. The Morgan fingerprint density at radius 2 is 1.89 bits per heavy atom. The number of aliphatic carboxylic acids is 1. The maximum Gasteiger partial charge on any atom is 0.324 e. The lowest BCUT2D eigenvalue weighted by Gasteiger charge is -2.18. The summed E-state index contributed by atoms with van der Waals surface area (Å²) in [4.78, 5) is 10.9. The number of nitrogens with one attached hydrogen (secondary N) is 1. The minimum Gasteiger partial charge on any atom is -0.480 e. The Kier molecular flexibility index (Phi) is 4.67. The van der Waals surface area contributed by atoms with Crippen LogP contribution in [-0.2, 0) is 14.8 Å². The number of hydrogen-bond donors (Lipinski definition) is 3. The van der Waals surface area contributed by atoms with E-state index in [1.165, 1.54) is 13.0 Å². The minimum atomic E-state index is -3.99. The molecule has 2 atom stereocenters. The lowest BCUT2D eigenvalue weighted by Crippen LogP contribution is -2.47. The van der Waals surface area contributed by atoms with Gasteiger partial charge in [0.25, 0.3) is 0 Å². The predicted molar refractivity (Wildman–Crippen MR) is 69.3 cm³/mol. The summed E-state index contributed by atoms with van der Waals surface area (Å²) < 4.78 is 26.3. The van der Waals surface area contributed by atoms with E-state index in [1.54, 1.807) is 26.0 Å².